The van der Waals surface area contributed by atoms with E-state index in [1.54, 1.807) is 0 Å². The molecule has 8 heteroatoms. The van der Waals surface area contributed by atoms with E-state index in [0.717, 1.165) is 39.1 Å². The van der Waals surface area contributed by atoms with E-state index in [-0.39, 0.29) is 49.2 Å². The minimum atomic E-state index is -0.122. The highest BCUT2D eigenvalue weighted by atomic mass is 35.5. The number of rotatable bonds is 5. The third-order valence-electron chi connectivity index (χ3n) is 6.57. The summed E-state index contributed by atoms with van der Waals surface area (Å²) in [5.41, 5.74) is 1.30. The van der Waals surface area contributed by atoms with Gasteiger partial charge < -0.3 is 15.5 Å². The van der Waals surface area contributed by atoms with Crippen LogP contribution in [0.4, 0.5) is 0 Å². The summed E-state index contributed by atoms with van der Waals surface area (Å²) in [6, 6.07) is 10.8. The third kappa shape index (κ3) is 6.33. The zero-order valence-electron chi connectivity index (χ0n) is 17.4. The molecule has 3 unspecified atom stereocenters. The fourth-order valence-corrected chi connectivity index (χ4v) is 4.92. The second-order valence-electron chi connectivity index (χ2n) is 8.47. The van der Waals surface area contributed by atoms with Crippen molar-refractivity contribution in [3.05, 3.63) is 35.9 Å². The molecule has 168 valence electrons. The minimum absolute atomic E-state index is 0. The number of hydrogen-bond donors (Lipinski definition) is 2. The van der Waals surface area contributed by atoms with Crippen molar-refractivity contribution < 1.29 is 9.59 Å². The van der Waals surface area contributed by atoms with Crippen LogP contribution in [0.25, 0.3) is 0 Å². The number of fused-ring (bicyclic) bond motifs is 1. The Hall–Kier alpha value is -1.34. The Morgan fingerprint density at radius 3 is 2.40 bits per heavy atom. The molecule has 1 aromatic carbocycles. The van der Waals surface area contributed by atoms with Gasteiger partial charge in [0.05, 0.1) is 12.6 Å². The van der Waals surface area contributed by atoms with Gasteiger partial charge in [-0.15, -0.1) is 24.8 Å². The predicted molar refractivity (Wildman–Crippen MR) is 123 cm³/mol. The van der Waals surface area contributed by atoms with Gasteiger partial charge in [0.2, 0.25) is 11.8 Å². The normalized spacial score (nSPS) is 26.1. The third-order valence-corrected chi connectivity index (χ3v) is 6.57. The van der Waals surface area contributed by atoms with E-state index in [9.17, 15) is 9.59 Å². The van der Waals surface area contributed by atoms with Crippen LogP contribution in [0.3, 0.4) is 0 Å². The lowest BCUT2D eigenvalue weighted by atomic mass is 9.85. The molecule has 4 rings (SSSR count). The number of hydrogen-bond acceptors (Lipinski definition) is 4. The van der Waals surface area contributed by atoms with E-state index >= 15 is 0 Å². The zero-order chi connectivity index (χ0) is 19.3. The van der Waals surface area contributed by atoms with Crippen LogP contribution in [0, 0.1) is 5.92 Å². The van der Waals surface area contributed by atoms with Crippen LogP contribution in [0.15, 0.2) is 30.3 Å². The number of benzene rings is 1. The Labute approximate surface area is 192 Å². The SMILES string of the molecule is Cl.Cl.O=C(NCC(=O)N1CCN(Cc2ccccc2)CC1)C1CC2CCCCC2N1. The largest absolute Gasteiger partial charge is 0.346 e. The molecule has 1 saturated carbocycles. The lowest BCUT2D eigenvalue weighted by molar-refractivity contribution is -0.134. The highest BCUT2D eigenvalue weighted by Crippen LogP contribution is 2.33. The summed E-state index contributed by atoms with van der Waals surface area (Å²) in [7, 11) is 0. The molecule has 0 aromatic heterocycles. The van der Waals surface area contributed by atoms with Crippen molar-refractivity contribution in [1.82, 2.24) is 20.4 Å². The van der Waals surface area contributed by atoms with Gasteiger partial charge in [-0.05, 0) is 30.7 Å². The number of nitrogens with one attached hydrogen (secondary N) is 2. The van der Waals surface area contributed by atoms with E-state index < -0.39 is 0 Å². The van der Waals surface area contributed by atoms with Gasteiger partial charge in [-0.2, -0.15) is 0 Å². The number of carbonyl (C=O) groups is 2. The van der Waals surface area contributed by atoms with Gasteiger partial charge >= 0.3 is 0 Å². The first-order valence-corrected chi connectivity index (χ1v) is 10.8. The van der Waals surface area contributed by atoms with Gasteiger partial charge in [0.15, 0.2) is 0 Å². The van der Waals surface area contributed by atoms with Crippen LogP contribution < -0.4 is 10.6 Å². The van der Waals surface area contributed by atoms with Crippen LogP contribution in [0.2, 0.25) is 0 Å². The number of nitrogens with zero attached hydrogens (tertiary/aromatic N) is 2. The predicted octanol–water partition coefficient (Wildman–Crippen LogP) is 2.21. The summed E-state index contributed by atoms with van der Waals surface area (Å²) in [6.45, 7) is 4.26. The molecule has 2 aliphatic heterocycles. The molecular formula is C22H34Cl2N4O2. The number of carbonyl (C=O) groups excluding carboxylic acids is 2. The van der Waals surface area contributed by atoms with E-state index in [4.69, 9.17) is 0 Å². The summed E-state index contributed by atoms with van der Waals surface area (Å²) in [4.78, 5) is 29.2. The molecule has 30 heavy (non-hydrogen) atoms. The minimum Gasteiger partial charge on any atom is -0.346 e. The van der Waals surface area contributed by atoms with Crippen molar-refractivity contribution in [3.63, 3.8) is 0 Å². The number of amides is 2. The maximum atomic E-state index is 12.5. The fourth-order valence-electron chi connectivity index (χ4n) is 4.92. The van der Waals surface area contributed by atoms with Crippen molar-refractivity contribution in [2.75, 3.05) is 32.7 Å². The molecule has 3 aliphatic rings. The maximum absolute atomic E-state index is 12.5. The van der Waals surface area contributed by atoms with Crippen LogP contribution in [-0.4, -0.2) is 66.4 Å². The van der Waals surface area contributed by atoms with Gasteiger partial charge in [0.1, 0.15) is 0 Å². The second kappa shape index (κ2) is 11.9. The lowest BCUT2D eigenvalue weighted by Gasteiger charge is -2.34. The van der Waals surface area contributed by atoms with E-state index in [2.05, 4.69) is 39.8 Å². The molecule has 1 aliphatic carbocycles. The van der Waals surface area contributed by atoms with Gasteiger partial charge in [-0.3, -0.25) is 14.5 Å². The maximum Gasteiger partial charge on any atom is 0.242 e. The van der Waals surface area contributed by atoms with E-state index in [1.165, 1.54) is 31.2 Å². The summed E-state index contributed by atoms with van der Waals surface area (Å²) < 4.78 is 0. The fraction of sp³-hybridized carbons (Fsp3) is 0.636. The topological polar surface area (TPSA) is 64.7 Å². The van der Waals surface area contributed by atoms with Crippen molar-refractivity contribution in [3.8, 4) is 0 Å². The average molecular weight is 457 g/mol. The number of piperazine rings is 1. The van der Waals surface area contributed by atoms with Gasteiger partial charge in [0.25, 0.3) is 0 Å². The summed E-state index contributed by atoms with van der Waals surface area (Å²) >= 11 is 0. The Morgan fingerprint density at radius 1 is 1.00 bits per heavy atom. The molecule has 1 aromatic rings. The van der Waals surface area contributed by atoms with Gasteiger partial charge in [-0.25, -0.2) is 0 Å². The quantitative estimate of drug-likeness (QED) is 0.712. The smallest absolute Gasteiger partial charge is 0.242 e. The summed E-state index contributed by atoms with van der Waals surface area (Å²) in [5.74, 6) is 0.659. The zero-order valence-corrected chi connectivity index (χ0v) is 19.1. The van der Waals surface area contributed by atoms with Crippen molar-refractivity contribution >= 4 is 36.6 Å². The molecule has 2 saturated heterocycles. The molecule has 2 amide bonds. The molecule has 3 atom stereocenters. The molecule has 0 bridgehead atoms. The van der Waals surface area contributed by atoms with Crippen LogP contribution in [0.1, 0.15) is 37.7 Å². The Morgan fingerprint density at radius 2 is 1.70 bits per heavy atom. The van der Waals surface area contributed by atoms with Crippen LogP contribution in [-0.2, 0) is 16.1 Å². The molecular weight excluding hydrogens is 423 g/mol. The van der Waals surface area contributed by atoms with Gasteiger partial charge in [0, 0.05) is 38.8 Å². The molecule has 3 fully saturated rings. The second-order valence-corrected chi connectivity index (χ2v) is 8.47. The van der Waals surface area contributed by atoms with Crippen LogP contribution >= 0.6 is 24.8 Å². The summed E-state index contributed by atoms with van der Waals surface area (Å²) in [6.07, 6.45) is 5.88. The molecule has 0 spiro atoms. The first kappa shape index (κ1) is 24.9. The molecule has 2 heterocycles. The lowest BCUT2D eigenvalue weighted by Crippen LogP contribution is -2.52. The van der Waals surface area contributed by atoms with E-state index in [0.29, 0.717) is 12.0 Å². The molecule has 2 N–H and O–H groups in total. The highest BCUT2D eigenvalue weighted by molar-refractivity contribution is 5.87. The molecule has 0 radical (unpaired) electrons. The average Bonchev–Trinajstić information content (AvgIpc) is 3.17. The monoisotopic (exact) mass is 456 g/mol. The first-order chi connectivity index (χ1) is 13.7. The Kier molecular flexibility index (Phi) is 9.88. The Balaban J connectivity index is 0.00000160. The highest BCUT2D eigenvalue weighted by Gasteiger charge is 2.38. The molecule has 6 nitrogen and oxygen atoms in total. The van der Waals surface area contributed by atoms with Crippen molar-refractivity contribution in [1.29, 1.82) is 0 Å². The number of halogens is 2. The first-order valence-electron chi connectivity index (χ1n) is 10.8. The van der Waals surface area contributed by atoms with Gasteiger partial charge in [-0.1, -0.05) is 43.2 Å². The van der Waals surface area contributed by atoms with Crippen molar-refractivity contribution in [2.24, 2.45) is 5.92 Å². The van der Waals surface area contributed by atoms with Crippen molar-refractivity contribution in [2.45, 2.75) is 50.7 Å². The Bertz CT molecular complexity index is 669. The summed E-state index contributed by atoms with van der Waals surface area (Å²) in [5, 5.41) is 6.36. The van der Waals surface area contributed by atoms with E-state index in [1.807, 2.05) is 11.0 Å². The van der Waals surface area contributed by atoms with Crippen LogP contribution in [0.5, 0.6) is 0 Å². The standard InChI is InChI=1S/C22H32N4O2.2ClH/c27-21(15-23-22(28)20-14-18-8-4-5-9-19(18)24-20)26-12-10-25(11-13-26)16-17-6-2-1-3-7-17;;/h1-3,6-7,18-20,24H,4-5,8-16H2,(H,23,28);2*1H.